The van der Waals surface area contributed by atoms with E-state index in [1.807, 2.05) is 14.1 Å². The van der Waals surface area contributed by atoms with E-state index in [9.17, 15) is 4.79 Å². The van der Waals surface area contributed by atoms with Crippen LogP contribution in [0.15, 0.2) is 6.07 Å². The molecule has 0 saturated carbocycles. The van der Waals surface area contributed by atoms with Crippen LogP contribution in [0.4, 0.5) is 5.82 Å². The smallest absolute Gasteiger partial charge is 0.347 e. The first kappa shape index (κ1) is 8.00. The maximum absolute atomic E-state index is 10.4. The van der Waals surface area contributed by atoms with E-state index < -0.39 is 5.97 Å². The first-order chi connectivity index (χ1) is 5.11. The minimum Gasteiger partial charge on any atom is -0.477 e. The van der Waals surface area contributed by atoms with Crippen LogP contribution in [0.2, 0.25) is 0 Å². The second kappa shape index (κ2) is 2.87. The number of carbonyl (C=O) groups is 1. The van der Waals surface area contributed by atoms with Crippen LogP contribution in [0.5, 0.6) is 0 Å². The molecule has 1 heterocycles. The maximum Gasteiger partial charge on any atom is 0.347 e. The lowest BCUT2D eigenvalue weighted by Crippen LogP contribution is -2.08. The van der Waals surface area contributed by atoms with Gasteiger partial charge in [-0.25, -0.2) is 4.79 Å². The number of aromatic nitrogens is 1. The van der Waals surface area contributed by atoms with Crippen LogP contribution < -0.4 is 4.90 Å². The van der Waals surface area contributed by atoms with Crippen LogP contribution in [0, 0.1) is 0 Å². The summed E-state index contributed by atoms with van der Waals surface area (Å²) in [5.41, 5.74) is 0. The molecule has 60 valence electrons. The van der Waals surface area contributed by atoms with E-state index in [4.69, 9.17) is 5.11 Å². The van der Waals surface area contributed by atoms with Crippen molar-refractivity contribution in [2.45, 2.75) is 0 Å². The van der Waals surface area contributed by atoms with Gasteiger partial charge in [0.15, 0.2) is 0 Å². The number of hydrogen-bond acceptors (Lipinski definition) is 4. The van der Waals surface area contributed by atoms with Gasteiger partial charge in [-0.05, 0) is 11.5 Å². The molecule has 0 saturated heterocycles. The third kappa shape index (κ3) is 1.68. The van der Waals surface area contributed by atoms with E-state index in [-0.39, 0.29) is 4.88 Å². The van der Waals surface area contributed by atoms with Gasteiger partial charge in [-0.1, -0.05) is 0 Å². The third-order valence-corrected chi connectivity index (χ3v) is 1.93. The normalized spacial score (nSPS) is 9.64. The van der Waals surface area contributed by atoms with Gasteiger partial charge in [-0.2, -0.15) is 4.37 Å². The molecule has 0 unspecified atom stereocenters. The van der Waals surface area contributed by atoms with Crippen LogP contribution >= 0.6 is 11.5 Å². The quantitative estimate of drug-likeness (QED) is 0.720. The molecule has 0 bridgehead atoms. The van der Waals surface area contributed by atoms with Gasteiger partial charge < -0.3 is 10.0 Å². The molecule has 11 heavy (non-hydrogen) atoms. The summed E-state index contributed by atoms with van der Waals surface area (Å²) in [7, 11) is 3.64. The SMILES string of the molecule is CN(C)c1cc(C(=O)O)sn1. The Bertz CT molecular complexity index is 269. The number of carboxylic acids is 1. The Morgan fingerprint density at radius 2 is 2.36 bits per heavy atom. The summed E-state index contributed by atoms with van der Waals surface area (Å²) in [4.78, 5) is 12.4. The van der Waals surface area contributed by atoms with Gasteiger partial charge >= 0.3 is 5.97 Å². The summed E-state index contributed by atoms with van der Waals surface area (Å²) in [6.45, 7) is 0. The van der Waals surface area contributed by atoms with E-state index in [1.54, 1.807) is 11.0 Å². The number of rotatable bonds is 2. The zero-order chi connectivity index (χ0) is 8.43. The Morgan fingerprint density at radius 3 is 2.64 bits per heavy atom. The lowest BCUT2D eigenvalue weighted by Gasteiger charge is -2.05. The molecule has 1 aromatic heterocycles. The van der Waals surface area contributed by atoms with Crippen molar-refractivity contribution in [2.24, 2.45) is 0 Å². The summed E-state index contributed by atoms with van der Waals surface area (Å²) >= 11 is 0.995. The zero-order valence-corrected chi connectivity index (χ0v) is 7.05. The van der Waals surface area contributed by atoms with Crippen molar-refractivity contribution < 1.29 is 9.90 Å². The average molecular weight is 172 g/mol. The molecule has 1 rings (SSSR count). The van der Waals surface area contributed by atoms with Crippen molar-refractivity contribution in [3.05, 3.63) is 10.9 Å². The van der Waals surface area contributed by atoms with Crippen LogP contribution in [-0.2, 0) is 0 Å². The first-order valence-electron chi connectivity index (χ1n) is 2.98. The van der Waals surface area contributed by atoms with E-state index in [1.165, 1.54) is 0 Å². The fraction of sp³-hybridized carbons (Fsp3) is 0.333. The molecule has 1 N–H and O–H groups in total. The predicted molar refractivity (Wildman–Crippen MR) is 43.4 cm³/mol. The maximum atomic E-state index is 10.4. The van der Waals surface area contributed by atoms with Crippen molar-refractivity contribution in [1.82, 2.24) is 4.37 Å². The Morgan fingerprint density at radius 1 is 1.73 bits per heavy atom. The van der Waals surface area contributed by atoms with E-state index in [2.05, 4.69) is 4.37 Å². The van der Waals surface area contributed by atoms with Gasteiger partial charge in [0.1, 0.15) is 10.7 Å². The fourth-order valence-corrected chi connectivity index (χ4v) is 1.22. The molecule has 1 aromatic rings. The Labute approximate surface area is 68.2 Å². The summed E-state index contributed by atoms with van der Waals surface area (Å²) in [5.74, 6) is -0.233. The highest BCUT2D eigenvalue weighted by Gasteiger charge is 2.08. The highest BCUT2D eigenvalue weighted by atomic mass is 32.1. The fourth-order valence-electron chi connectivity index (χ4n) is 0.577. The minimum atomic E-state index is -0.921. The lowest BCUT2D eigenvalue weighted by atomic mass is 10.4. The van der Waals surface area contributed by atoms with Gasteiger partial charge in [0.25, 0.3) is 0 Å². The Hall–Kier alpha value is -1.10. The van der Waals surface area contributed by atoms with Gasteiger partial charge in [0.2, 0.25) is 0 Å². The second-order valence-corrected chi connectivity index (χ2v) is 3.05. The van der Waals surface area contributed by atoms with E-state index in [0.717, 1.165) is 11.5 Å². The van der Waals surface area contributed by atoms with Crippen molar-refractivity contribution in [3.8, 4) is 0 Å². The standard InChI is InChI=1S/C6H8N2O2S/c1-8(2)5-3-4(6(9)10)11-7-5/h3H,1-2H3,(H,9,10). The van der Waals surface area contributed by atoms with Gasteiger partial charge in [-0.3, -0.25) is 0 Å². The van der Waals surface area contributed by atoms with Crippen molar-refractivity contribution in [2.75, 3.05) is 19.0 Å². The predicted octanol–water partition coefficient (Wildman–Crippen LogP) is 0.907. The molecule has 0 fully saturated rings. The molecular formula is C6H8N2O2S. The molecule has 0 atom stereocenters. The van der Waals surface area contributed by atoms with Crippen molar-refractivity contribution >= 4 is 23.3 Å². The summed E-state index contributed by atoms with van der Waals surface area (Å²) in [6, 6.07) is 1.55. The molecule has 5 heteroatoms. The number of nitrogens with zero attached hydrogens (tertiary/aromatic N) is 2. The zero-order valence-electron chi connectivity index (χ0n) is 6.24. The number of hydrogen-bond donors (Lipinski definition) is 1. The Balaban J connectivity index is 2.90. The molecule has 0 spiro atoms. The summed E-state index contributed by atoms with van der Waals surface area (Å²) in [5, 5.41) is 8.53. The van der Waals surface area contributed by atoms with Crippen LogP contribution in [-0.4, -0.2) is 29.5 Å². The van der Waals surface area contributed by atoms with Gasteiger partial charge in [0.05, 0.1) is 0 Å². The number of aromatic carboxylic acids is 1. The number of anilines is 1. The van der Waals surface area contributed by atoms with Crippen LogP contribution in [0.25, 0.3) is 0 Å². The third-order valence-electron chi connectivity index (χ3n) is 1.17. The molecule has 0 aromatic carbocycles. The van der Waals surface area contributed by atoms with Gasteiger partial charge in [-0.15, -0.1) is 0 Å². The second-order valence-electron chi connectivity index (χ2n) is 2.25. The van der Waals surface area contributed by atoms with Crippen LogP contribution in [0.1, 0.15) is 9.67 Å². The molecule has 0 amide bonds. The van der Waals surface area contributed by atoms with Crippen molar-refractivity contribution in [1.29, 1.82) is 0 Å². The highest BCUT2D eigenvalue weighted by molar-refractivity contribution is 7.08. The number of carboxylic acid groups (broad SMARTS) is 1. The highest BCUT2D eigenvalue weighted by Crippen LogP contribution is 2.15. The van der Waals surface area contributed by atoms with Crippen molar-refractivity contribution in [3.63, 3.8) is 0 Å². The summed E-state index contributed by atoms with van der Waals surface area (Å²) < 4.78 is 3.92. The molecule has 0 aliphatic carbocycles. The van der Waals surface area contributed by atoms with Crippen LogP contribution in [0.3, 0.4) is 0 Å². The topological polar surface area (TPSA) is 53.4 Å². The first-order valence-corrected chi connectivity index (χ1v) is 3.76. The average Bonchev–Trinajstić information content (AvgIpc) is 2.33. The monoisotopic (exact) mass is 172 g/mol. The van der Waals surface area contributed by atoms with E-state index in [0.29, 0.717) is 5.82 Å². The molecule has 0 aliphatic heterocycles. The molecule has 0 aliphatic rings. The summed E-state index contributed by atoms with van der Waals surface area (Å²) in [6.07, 6.45) is 0. The molecular weight excluding hydrogens is 164 g/mol. The van der Waals surface area contributed by atoms with E-state index >= 15 is 0 Å². The van der Waals surface area contributed by atoms with Gasteiger partial charge in [0, 0.05) is 20.2 Å². The Kier molecular flexibility index (Phi) is 2.09. The minimum absolute atomic E-state index is 0.272. The molecule has 0 radical (unpaired) electrons. The largest absolute Gasteiger partial charge is 0.477 e. The molecule has 4 nitrogen and oxygen atoms in total. The lowest BCUT2D eigenvalue weighted by molar-refractivity contribution is 0.0702.